The normalized spacial score (nSPS) is 11.1. The molecule has 2 aromatic heterocycles. The molecule has 1 amide bonds. The molecule has 0 saturated carbocycles. The SMILES string of the molecule is CC(C)N(Cc1nc2ccccc2c(=O)[nH]1)C(=O)c1cnn(-c2ccccc2)c1. The summed E-state index contributed by atoms with van der Waals surface area (Å²) < 4.78 is 1.67. The predicted octanol–water partition coefficient (Wildman–Crippen LogP) is 3.16. The summed E-state index contributed by atoms with van der Waals surface area (Å²) in [7, 11) is 0. The first kappa shape index (κ1) is 18.6. The maximum absolute atomic E-state index is 13.1. The van der Waals surface area contributed by atoms with Crippen LogP contribution in [0.4, 0.5) is 0 Å². The van der Waals surface area contributed by atoms with Crippen molar-refractivity contribution in [1.29, 1.82) is 0 Å². The van der Waals surface area contributed by atoms with E-state index in [1.807, 2.05) is 50.2 Å². The Bertz CT molecular complexity index is 1210. The molecular weight excluding hydrogens is 366 g/mol. The molecule has 0 bridgehead atoms. The summed E-state index contributed by atoms with van der Waals surface area (Å²) in [6.45, 7) is 4.06. The van der Waals surface area contributed by atoms with E-state index in [0.29, 0.717) is 22.3 Å². The second-order valence-electron chi connectivity index (χ2n) is 7.07. The fraction of sp³-hybridized carbons (Fsp3) is 0.182. The van der Waals surface area contributed by atoms with Crippen LogP contribution in [0.2, 0.25) is 0 Å². The lowest BCUT2D eigenvalue weighted by molar-refractivity contribution is 0.0685. The predicted molar refractivity (Wildman–Crippen MR) is 111 cm³/mol. The number of H-pyrrole nitrogens is 1. The van der Waals surface area contributed by atoms with Crippen molar-refractivity contribution in [2.45, 2.75) is 26.4 Å². The maximum Gasteiger partial charge on any atom is 0.258 e. The highest BCUT2D eigenvalue weighted by molar-refractivity contribution is 5.94. The van der Waals surface area contributed by atoms with Crippen LogP contribution in [0.25, 0.3) is 16.6 Å². The van der Waals surface area contributed by atoms with Gasteiger partial charge in [-0.05, 0) is 38.1 Å². The molecule has 0 spiro atoms. The van der Waals surface area contributed by atoms with Crippen LogP contribution in [-0.4, -0.2) is 36.6 Å². The van der Waals surface area contributed by atoms with Gasteiger partial charge in [-0.1, -0.05) is 30.3 Å². The van der Waals surface area contributed by atoms with Crippen molar-refractivity contribution in [1.82, 2.24) is 24.6 Å². The largest absolute Gasteiger partial charge is 0.329 e. The lowest BCUT2D eigenvalue weighted by atomic mass is 10.2. The van der Waals surface area contributed by atoms with Crippen molar-refractivity contribution in [3.63, 3.8) is 0 Å². The average molecular weight is 387 g/mol. The Balaban J connectivity index is 1.62. The van der Waals surface area contributed by atoms with Gasteiger partial charge in [0.2, 0.25) is 0 Å². The van der Waals surface area contributed by atoms with Gasteiger partial charge in [-0.3, -0.25) is 9.59 Å². The van der Waals surface area contributed by atoms with E-state index in [4.69, 9.17) is 0 Å². The third kappa shape index (κ3) is 3.80. The minimum Gasteiger partial charge on any atom is -0.329 e. The molecule has 0 radical (unpaired) electrons. The third-order valence-corrected chi connectivity index (χ3v) is 4.72. The highest BCUT2D eigenvalue weighted by atomic mass is 16.2. The Morgan fingerprint density at radius 3 is 2.59 bits per heavy atom. The van der Waals surface area contributed by atoms with Crippen molar-refractivity contribution in [2.75, 3.05) is 0 Å². The average Bonchev–Trinajstić information content (AvgIpc) is 3.22. The fourth-order valence-corrected chi connectivity index (χ4v) is 3.18. The number of nitrogens with zero attached hydrogens (tertiary/aromatic N) is 4. The first-order valence-corrected chi connectivity index (χ1v) is 9.42. The summed E-state index contributed by atoms with van der Waals surface area (Å²) in [6.07, 6.45) is 3.27. The van der Waals surface area contributed by atoms with Gasteiger partial charge >= 0.3 is 0 Å². The van der Waals surface area contributed by atoms with Crippen LogP contribution >= 0.6 is 0 Å². The molecule has 0 aliphatic carbocycles. The van der Waals surface area contributed by atoms with E-state index in [-0.39, 0.29) is 24.1 Å². The zero-order valence-electron chi connectivity index (χ0n) is 16.2. The second-order valence-corrected chi connectivity index (χ2v) is 7.07. The molecule has 1 N–H and O–H groups in total. The number of benzene rings is 2. The summed E-state index contributed by atoms with van der Waals surface area (Å²) in [4.78, 5) is 34.4. The molecular formula is C22H21N5O2. The lowest BCUT2D eigenvalue weighted by Gasteiger charge is -2.25. The number of hydrogen-bond donors (Lipinski definition) is 1. The summed E-state index contributed by atoms with van der Waals surface area (Å²) in [5, 5.41) is 4.84. The minimum atomic E-state index is -0.210. The number of fused-ring (bicyclic) bond motifs is 1. The van der Waals surface area contributed by atoms with E-state index < -0.39 is 0 Å². The summed E-state index contributed by atoms with van der Waals surface area (Å²) in [6, 6.07) is 16.7. The molecule has 0 unspecified atom stereocenters. The number of amides is 1. The Morgan fingerprint density at radius 1 is 1.10 bits per heavy atom. The zero-order valence-corrected chi connectivity index (χ0v) is 16.2. The standard InChI is InChI=1S/C22H21N5O2/c1-15(2)26(14-20-24-19-11-7-6-10-18(19)21(28)25-20)22(29)16-12-23-27(13-16)17-8-4-3-5-9-17/h3-13,15H,14H2,1-2H3,(H,24,25,28). The molecule has 7 heteroatoms. The fourth-order valence-electron chi connectivity index (χ4n) is 3.18. The molecule has 4 aromatic rings. The van der Waals surface area contributed by atoms with E-state index in [9.17, 15) is 9.59 Å². The van der Waals surface area contributed by atoms with Crippen molar-refractivity contribution in [3.8, 4) is 5.69 Å². The molecule has 0 fully saturated rings. The van der Waals surface area contributed by atoms with Gasteiger partial charge in [-0.15, -0.1) is 0 Å². The van der Waals surface area contributed by atoms with Gasteiger partial charge < -0.3 is 9.88 Å². The van der Waals surface area contributed by atoms with E-state index in [1.165, 1.54) is 0 Å². The van der Waals surface area contributed by atoms with Crippen molar-refractivity contribution >= 4 is 16.8 Å². The van der Waals surface area contributed by atoms with Crippen molar-refractivity contribution in [2.24, 2.45) is 0 Å². The van der Waals surface area contributed by atoms with Crippen LogP contribution in [0, 0.1) is 0 Å². The van der Waals surface area contributed by atoms with Gasteiger partial charge in [0.25, 0.3) is 11.5 Å². The van der Waals surface area contributed by atoms with Gasteiger partial charge in [0.15, 0.2) is 0 Å². The monoisotopic (exact) mass is 387 g/mol. The second kappa shape index (κ2) is 7.71. The van der Waals surface area contributed by atoms with Gasteiger partial charge in [-0.2, -0.15) is 5.10 Å². The van der Waals surface area contributed by atoms with Crippen LogP contribution in [0.15, 0.2) is 71.8 Å². The quantitative estimate of drug-likeness (QED) is 0.570. The molecule has 0 saturated heterocycles. The topological polar surface area (TPSA) is 83.9 Å². The third-order valence-electron chi connectivity index (χ3n) is 4.72. The van der Waals surface area contributed by atoms with Crippen LogP contribution in [-0.2, 0) is 6.54 Å². The Hall–Kier alpha value is -3.74. The van der Waals surface area contributed by atoms with E-state index in [1.54, 1.807) is 40.2 Å². The van der Waals surface area contributed by atoms with Gasteiger partial charge in [0, 0.05) is 12.2 Å². The Labute approximate surface area is 167 Å². The van der Waals surface area contributed by atoms with Crippen LogP contribution in [0.1, 0.15) is 30.0 Å². The lowest BCUT2D eigenvalue weighted by Crippen LogP contribution is -2.37. The molecule has 2 heterocycles. The smallest absolute Gasteiger partial charge is 0.258 e. The van der Waals surface area contributed by atoms with Crippen LogP contribution < -0.4 is 5.56 Å². The minimum absolute atomic E-state index is 0.0839. The highest BCUT2D eigenvalue weighted by Crippen LogP contribution is 2.14. The summed E-state index contributed by atoms with van der Waals surface area (Å²) in [5.74, 6) is 0.282. The number of hydrogen-bond acceptors (Lipinski definition) is 4. The first-order valence-electron chi connectivity index (χ1n) is 9.42. The maximum atomic E-state index is 13.1. The number of rotatable bonds is 5. The van der Waals surface area contributed by atoms with Crippen LogP contribution in [0.3, 0.4) is 0 Å². The first-order chi connectivity index (χ1) is 14.0. The van der Waals surface area contributed by atoms with Gasteiger partial charge in [0.05, 0.1) is 34.9 Å². The molecule has 29 heavy (non-hydrogen) atoms. The summed E-state index contributed by atoms with van der Waals surface area (Å²) >= 11 is 0. The van der Waals surface area contributed by atoms with Gasteiger partial charge in [-0.25, -0.2) is 9.67 Å². The van der Waals surface area contributed by atoms with Gasteiger partial charge in [0.1, 0.15) is 5.82 Å². The van der Waals surface area contributed by atoms with Crippen LogP contribution in [0.5, 0.6) is 0 Å². The van der Waals surface area contributed by atoms with Crippen molar-refractivity contribution < 1.29 is 4.79 Å². The summed E-state index contributed by atoms with van der Waals surface area (Å²) in [5.41, 5.74) is 1.76. The Kier molecular flexibility index (Phi) is 4.95. The van der Waals surface area contributed by atoms with E-state index in [2.05, 4.69) is 15.1 Å². The molecule has 2 aromatic carbocycles. The van der Waals surface area contributed by atoms with Crippen molar-refractivity contribution in [3.05, 3.63) is 88.7 Å². The molecule has 0 aliphatic heterocycles. The Morgan fingerprint density at radius 2 is 1.83 bits per heavy atom. The van der Waals surface area contributed by atoms with E-state index in [0.717, 1.165) is 5.69 Å². The molecule has 7 nitrogen and oxygen atoms in total. The molecule has 0 aliphatic rings. The van der Waals surface area contributed by atoms with E-state index >= 15 is 0 Å². The number of carbonyl (C=O) groups is 1. The number of aromatic nitrogens is 4. The number of para-hydroxylation sites is 2. The zero-order chi connectivity index (χ0) is 20.4. The number of carbonyl (C=O) groups excluding carboxylic acids is 1. The molecule has 146 valence electrons. The molecule has 4 rings (SSSR count). The number of aromatic amines is 1. The number of nitrogens with one attached hydrogen (secondary N) is 1. The molecule has 0 atom stereocenters. The highest BCUT2D eigenvalue weighted by Gasteiger charge is 2.22.